The van der Waals surface area contributed by atoms with Gasteiger partial charge in [0.1, 0.15) is 0 Å². The van der Waals surface area contributed by atoms with Crippen LogP contribution in [-0.4, -0.2) is 0 Å². The molecule has 0 unspecified atom stereocenters. The Bertz CT molecular complexity index is 3510. The molecular formula is C66H44. The average Bonchev–Trinajstić information content (AvgIpc) is 3.40. The summed E-state index contributed by atoms with van der Waals surface area (Å²) in [6.45, 7) is 0. The fraction of sp³-hybridized carbons (Fsp3) is 0. The second-order valence-electron chi connectivity index (χ2n) is 17.3. The van der Waals surface area contributed by atoms with Crippen LogP contribution in [0, 0.1) is 0 Å². The van der Waals surface area contributed by atoms with Gasteiger partial charge in [-0.15, -0.1) is 0 Å². The predicted octanol–water partition coefficient (Wildman–Crippen LogP) is 18.5. The van der Waals surface area contributed by atoms with Crippen LogP contribution in [0.5, 0.6) is 0 Å². The molecule has 0 spiro atoms. The molecule has 0 aromatic heterocycles. The lowest BCUT2D eigenvalue weighted by Gasteiger charge is -2.19. The minimum atomic E-state index is 1.18. The van der Waals surface area contributed by atoms with Crippen LogP contribution in [0.25, 0.3) is 121 Å². The molecule has 0 radical (unpaired) electrons. The quantitative estimate of drug-likeness (QED) is 0.134. The zero-order chi connectivity index (χ0) is 43.8. The second kappa shape index (κ2) is 16.8. The van der Waals surface area contributed by atoms with Gasteiger partial charge in [0.15, 0.2) is 0 Å². The van der Waals surface area contributed by atoms with Crippen LogP contribution in [0.4, 0.5) is 0 Å². The summed E-state index contributed by atoms with van der Waals surface area (Å²) in [6, 6.07) is 97.9. The molecule has 0 aliphatic rings. The van der Waals surface area contributed by atoms with E-state index in [1.54, 1.807) is 0 Å². The summed E-state index contributed by atoms with van der Waals surface area (Å²) in [4.78, 5) is 0. The van der Waals surface area contributed by atoms with Crippen LogP contribution in [0.1, 0.15) is 0 Å². The zero-order valence-corrected chi connectivity index (χ0v) is 36.4. The van der Waals surface area contributed by atoms with E-state index in [1.807, 2.05) is 0 Å². The third kappa shape index (κ3) is 7.35. The van der Waals surface area contributed by atoms with E-state index in [0.29, 0.717) is 0 Å². The molecule has 0 fully saturated rings. The van der Waals surface area contributed by atoms with Gasteiger partial charge in [-0.1, -0.05) is 231 Å². The number of fused-ring (bicyclic) bond motifs is 3. The van der Waals surface area contributed by atoms with Crippen molar-refractivity contribution in [2.75, 3.05) is 0 Å². The fourth-order valence-electron chi connectivity index (χ4n) is 9.93. The molecule has 0 aliphatic heterocycles. The van der Waals surface area contributed by atoms with E-state index in [2.05, 4.69) is 267 Å². The maximum absolute atomic E-state index is 2.40. The Kier molecular flexibility index (Phi) is 9.97. The Morgan fingerprint density at radius 2 is 0.424 bits per heavy atom. The molecule has 308 valence electrons. The molecular weight excluding hydrogens is 793 g/mol. The van der Waals surface area contributed by atoms with Crippen molar-refractivity contribution in [2.45, 2.75) is 0 Å². The van der Waals surface area contributed by atoms with Crippen molar-refractivity contribution in [1.29, 1.82) is 0 Å². The van der Waals surface area contributed by atoms with Crippen LogP contribution in [0.3, 0.4) is 0 Å². The van der Waals surface area contributed by atoms with Gasteiger partial charge in [-0.2, -0.15) is 0 Å². The van der Waals surface area contributed by atoms with E-state index in [4.69, 9.17) is 0 Å². The van der Waals surface area contributed by atoms with E-state index in [0.717, 1.165) is 0 Å². The fourth-order valence-corrected chi connectivity index (χ4v) is 9.93. The smallest absolute Gasteiger partial charge is 0.00259 e. The molecule has 0 aliphatic carbocycles. The highest BCUT2D eigenvalue weighted by Crippen LogP contribution is 2.46. The minimum absolute atomic E-state index is 1.18. The van der Waals surface area contributed by atoms with Gasteiger partial charge in [0, 0.05) is 0 Å². The van der Waals surface area contributed by atoms with Gasteiger partial charge in [-0.3, -0.25) is 0 Å². The molecule has 12 rings (SSSR count). The van der Waals surface area contributed by atoms with Crippen molar-refractivity contribution in [3.05, 3.63) is 267 Å². The Morgan fingerprint density at radius 3 is 0.864 bits per heavy atom. The standard InChI is InChI=1S/C66H44/c1-3-15-45(16-4-1)53-21-13-23-55(39-53)48-29-33-50(34-30-48)58-42-59(51-35-31-49(32-36-51)56-24-14-22-54(40-56)46-17-5-2-6-18-46)44-60(43-58)66-63-27-11-9-25-61(63)65(62-26-10-12-28-64(62)66)57-38-37-47-19-7-8-20-52(47)41-57/h1-44H. The maximum Gasteiger partial charge on any atom is -0.00259 e. The first-order chi connectivity index (χ1) is 32.7. The van der Waals surface area contributed by atoms with Crippen molar-refractivity contribution >= 4 is 32.3 Å². The molecule has 0 saturated carbocycles. The second-order valence-corrected chi connectivity index (χ2v) is 17.3. The topological polar surface area (TPSA) is 0 Å². The highest BCUT2D eigenvalue weighted by atomic mass is 14.2. The van der Waals surface area contributed by atoms with Crippen molar-refractivity contribution < 1.29 is 0 Å². The van der Waals surface area contributed by atoms with E-state index >= 15 is 0 Å². The molecule has 0 amide bonds. The van der Waals surface area contributed by atoms with E-state index < -0.39 is 0 Å². The van der Waals surface area contributed by atoms with Crippen molar-refractivity contribution in [3.63, 3.8) is 0 Å². The Hall–Kier alpha value is -8.58. The normalized spacial score (nSPS) is 11.3. The van der Waals surface area contributed by atoms with E-state index in [1.165, 1.54) is 121 Å². The summed E-state index contributed by atoms with van der Waals surface area (Å²) < 4.78 is 0. The predicted molar refractivity (Wildman–Crippen MR) is 282 cm³/mol. The van der Waals surface area contributed by atoms with Gasteiger partial charge in [-0.25, -0.2) is 0 Å². The first-order valence-electron chi connectivity index (χ1n) is 22.8. The molecule has 0 heterocycles. The maximum atomic E-state index is 2.40. The Labute approximate surface area is 386 Å². The van der Waals surface area contributed by atoms with Gasteiger partial charge in [0.25, 0.3) is 0 Å². The highest BCUT2D eigenvalue weighted by Gasteiger charge is 2.19. The number of hydrogen-bond acceptors (Lipinski definition) is 0. The Morgan fingerprint density at radius 1 is 0.136 bits per heavy atom. The lowest BCUT2D eigenvalue weighted by molar-refractivity contribution is 1.56. The first-order valence-corrected chi connectivity index (χ1v) is 22.8. The Balaban J connectivity index is 1.01. The van der Waals surface area contributed by atoms with Gasteiger partial charge in [-0.05, 0) is 158 Å². The van der Waals surface area contributed by atoms with Crippen LogP contribution < -0.4 is 0 Å². The van der Waals surface area contributed by atoms with E-state index in [-0.39, 0.29) is 0 Å². The molecule has 0 heteroatoms. The van der Waals surface area contributed by atoms with Crippen LogP contribution in [-0.2, 0) is 0 Å². The van der Waals surface area contributed by atoms with Gasteiger partial charge < -0.3 is 0 Å². The number of hydrogen-bond donors (Lipinski definition) is 0. The van der Waals surface area contributed by atoms with Gasteiger partial charge in [0.2, 0.25) is 0 Å². The third-order valence-electron chi connectivity index (χ3n) is 13.2. The summed E-state index contributed by atoms with van der Waals surface area (Å²) in [5.74, 6) is 0. The minimum Gasteiger partial charge on any atom is -0.0622 e. The monoisotopic (exact) mass is 836 g/mol. The van der Waals surface area contributed by atoms with Gasteiger partial charge in [0.05, 0.1) is 0 Å². The lowest BCUT2D eigenvalue weighted by Crippen LogP contribution is -1.92. The summed E-state index contributed by atoms with van der Waals surface area (Å²) in [5.41, 5.74) is 19.3. The largest absolute Gasteiger partial charge is 0.0622 e. The van der Waals surface area contributed by atoms with Crippen LogP contribution >= 0.6 is 0 Å². The lowest BCUT2D eigenvalue weighted by atomic mass is 9.84. The van der Waals surface area contributed by atoms with Crippen LogP contribution in [0.2, 0.25) is 0 Å². The van der Waals surface area contributed by atoms with Crippen molar-refractivity contribution in [1.82, 2.24) is 0 Å². The average molecular weight is 837 g/mol. The molecule has 0 N–H and O–H groups in total. The van der Waals surface area contributed by atoms with E-state index in [9.17, 15) is 0 Å². The number of benzene rings is 12. The summed E-state index contributed by atoms with van der Waals surface area (Å²) in [6.07, 6.45) is 0. The number of rotatable bonds is 8. The van der Waals surface area contributed by atoms with Crippen LogP contribution in [0.15, 0.2) is 267 Å². The molecule has 0 saturated heterocycles. The summed E-state index contributed by atoms with van der Waals surface area (Å²) in [5, 5.41) is 7.47. The molecule has 12 aromatic carbocycles. The molecule has 66 heavy (non-hydrogen) atoms. The molecule has 12 aromatic rings. The molecule has 0 atom stereocenters. The van der Waals surface area contributed by atoms with Crippen molar-refractivity contribution in [3.8, 4) is 89.0 Å². The zero-order valence-electron chi connectivity index (χ0n) is 36.4. The molecule has 0 bridgehead atoms. The summed E-state index contributed by atoms with van der Waals surface area (Å²) >= 11 is 0. The SMILES string of the molecule is c1ccc(-c2cccc(-c3ccc(-c4cc(-c5ccc(-c6cccc(-c7ccccc7)c6)cc5)cc(-c5c6ccccc6c(-c6ccc7ccccc7c6)c6ccccc56)c4)cc3)c2)cc1. The highest BCUT2D eigenvalue weighted by molar-refractivity contribution is 6.22. The van der Waals surface area contributed by atoms with Crippen molar-refractivity contribution in [2.24, 2.45) is 0 Å². The molecule has 0 nitrogen and oxygen atoms in total. The van der Waals surface area contributed by atoms with Gasteiger partial charge >= 0.3 is 0 Å². The first kappa shape index (κ1) is 39.0. The summed E-state index contributed by atoms with van der Waals surface area (Å²) in [7, 11) is 0. The third-order valence-corrected chi connectivity index (χ3v) is 13.2.